The van der Waals surface area contributed by atoms with Crippen molar-refractivity contribution in [3.05, 3.63) is 87.3 Å². The molecule has 14 heteroatoms. The van der Waals surface area contributed by atoms with Gasteiger partial charge in [0.15, 0.2) is 0 Å². The summed E-state index contributed by atoms with van der Waals surface area (Å²) in [5.41, 5.74) is -0.675. The Balaban J connectivity index is 1.52. The first-order chi connectivity index (χ1) is 20.9. The van der Waals surface area contributed by atoms with Crippen molar-refractivity contribution in [2.75, 3.05) is 31.8 Å². The first-order valence-corrected chi connectivity index (χ1v) is 13.7. The summed E-state index contributed by atoms with van der Waals surface area (Å²) < 4.78 is 84.0. The van der Waals surface area contributed by atoms with Crippen LogP contribution in [0.15, 0.2) is 53.5 Å². The minimum Gasteiger partial charge on any atom is -0.497 e. The normalized spacial score (nSPS) is 19.2. The number of pyridine rings is 1. The second-order valence-corrected chi connectivity index (χ2v) is 10.5. The standard InChI is InChI=1S/C30H28F5N3O6/c1-16-7-10-37(18-8-11-43-12-9-18)29(41)26(16)38-15-21(24-22(31)13-20(42-2)14-23(24)32)25(28(38)40)36-27(39)17-3-5-19(6-4-17)44-30(33,34)35/h3-7,10,13-14,18,21,25H,8-9,11-12,15H2,1-2H3,(H,36,39)/t21-,25-/m0/s1. The molecule has 2 aromatic carbocycles. The molecule has 0 radical (unpaired) electrons. The van der Waals surface area contributed by atoms with E-state index in [2.05, 4.69) is 10.1 Å². The van der Waals surface area contributed by atoms with E-state index in [9.17, 15) is 27.6 Å². The molecule has 2 atom stereocenters. The van der Waals surface area contributed by atoms with E-state index in [1.54, 1.807) is 19.2 Å². The monoisotopic (exact) mass is 621 g/mol. The Morgan fingerprint density at radius 2 is 1.64 bits per heavy atom. The minimum atomic E-state index is -4.94. The van der Waals surface area contributed by atoms with Crippen LogP contribution in [0.5, 0.6) is 11.5 Å². The molecule has 0 saturated carbocycles. The van der Waals surface area contributed by atoms with Crippen LogP contribution in [0.2, 0.25) is 0 Å². The number of aryl methyl sites for hydroxylation is 1. The van der Waals surface area contributed by atoms with Gasteiger partial charge in [0.05, 0.1) is 7.11 Å². The smallest absolute Gasteiger partial charge is 0.497 e. The number of aromatic nitrogens is 1. The van der Waals surface area contributed by atoms with E-state index in [1.165, 1.54) is 11.7 Å². The van der Waals surface area contributed by atoms with Gasteiger partial charge in [-0.2, -0.15) is 0 Å². The maximum Gasteiger partial charge on any atom is 0.573 e. The van der Waals surface area contributed by atoms with Gasteiger partial charge >= 0.3 is 6.36 Å². The van der Waals surface area contributed by atoms with E-state index in [-0.39, 0.29) is 29.6 Å². The third-order valence-corrected chi connectivity index (χ3v) is 7.76. The van der Waals surface area contributed by atoms with E-state index in [0.717, 1.165) is 41.3 Å². The van der Waals surface area contributed by atoms with Crippen molar-refractivity contribution >= 4 is 17.5 Å². The van der Waals surface area contributed by atoms with Crippen LogP contribution in [0.3, 0.4) is 0 Å². The van der Waals surface area contributed by atoms with Crippen molar-refractivity contribution in [2.45, 2.75) is 44.1 Å². The van der Waals surface area contributed by atoms with Crippen molar-refractivity contribution in [3.63, 3.8) is 0 Å². The number of halogens is 5. The zero-order valence-electron chi connectivity index (χ0n) is 23.6. The SMILES string of the molecule is COc1cc(F)c([C@@H]2CN(c3c(C)ccn(C4CCOCC4)c3=O)C(=O)[C@H]2NC(=O)c2ccc(OC(F)(F)F)cc2)c(F)c1. The summed E-state index contributed by atoms with van der Waals surface area (Å²) >= 11 is 0. The van der Waals surface area contributed by atoms with Gasteiger partial charge in [-0.3, -0.25) is 14.4 Å². The number of hydrogen-bond donors (Lipinski definition) is 1. The molecule has 2 saturated heterocycles. The van der Waals surface area contributed by atoms with Gasteiger partial charge in [-0.15, -0.1) is 13.2 Å². The molecule has 44 heavy (non-hydrogen) atoms. The van der Waals surface area contributed by atoms with Gasteiger partial charge in [0.1, 0.15) is 34.9 Å². The molecule has 0 spiro atoms. The zero-order valence-corrected chi connectivity index (χ0v) is 23.6. The second-order valence-electron chi connectivity index (χ2n) is 10.5. The Hall–Kier alpha value is -4.46. The number of carbonyl (C=O) groups is 2. The highest BCUT2D eigenvalue weighted by Crippen LogP contribution is 2.37. The third kappa shape index (κ3) is 6.25. The predicted octanol–water partition coefficient (Wildman–Crippen LogP) is 4.62. The molecule has 0 bridgehead atoms. The fraction of sp³-hybridized carbons (Fsp3) is 0.367. The highest BCUT2D eigenvalue weighted by Gasteiger charge is 2.46. The number of nitrogens with zero attached hydrogens (tertiary/aromatic N) is 2. The number of alkyl halides is 3. The van der Waals surface area contributed by atoms with Crippen LogP contribution in [-0.2, 0) is 9.53 Å². The first-order valence-electron chi connectivity index (χ1n) is 13.7. The van der Waals surface area contributed by atoms with Crippen molar-refractivity contribution in [3.8, 4) is 11.5 Å². The van der Waals surface area contributed by atoms with E-state index in [4.69, 9.17) is 9.47 Å². The van der Waals surface area contributed by atoms with Gasteiger partial charge in [0.2, 0.25) is 5.91 Å². The maximum atomic E-state index is 15.3. The Bertz CT molecular complexity index is 1600. The summed E-state index contributed by atoms with van der Waals surface area (Å²) in [5.74, 6) is -5.71. The number of amides is 2. The van der Waals surface area contributed by atoms with E-state index < -0.39 is 58.6 Å². The summed E-state index contributed by atoms with van der Waals surface area (Å²) in [4.78, 5) is 42.0. The van der Waals surface area contributed by atoms with Gasteiger partial charge in [-0.25, -0.2) is 8.78 Å². The quantitative estimate of drug-likeness (QED) is 0.387. The molecule has 3 heterocycles. The fourth-order valence-corrected chi connectivity index (χ4v) is 5.63. The van der Waals surface area contributed by atoms with Crippen molar-refractivity contribution in [1.82, 2.24) is 9.88 Å². The molecular weight excluding hydrogens is 593 g/mol. The Morgan fingerprint density at radius 1 is 1.00 bits per heavy atom. The van der Waals surface area contributed by atoms with Crippen LogP contribution in [0.25, 0.3) is 0 Å². The fourth-order valence-electron chi connectivity index (χ4n) is 5.63. The molecular formula is C30H28F5N3O6. The molecule has 3 aromatic rings. The van der Waals surface area contributed by atoms with Crippen molar-refractivity contribution in [2.24, 2.45) is 0 Å². The average Bonchev–Trinajstić information content (AvgIpc) is 3.27. The van der Waals surface area contributed by atoms with E-state index in [0.29, 0.717) is 31.6 Å². The zero-order chi connectivity index (χ0) is 31.8. The summed E-state index contributed by atoms with van der Waals surface area (Å²) in [6.45, 7) is 2.19. The lowest BCUT2D eigenvalue weighted by molar-refractivity contribution is -0.274. The molecule has 234 valence electrons. The predicted molar refractivity (Wildman–Crippen MR) is 147 cm³/mol. The number of benzene rings is 2. The number of carbonyl (C=O) groups excluding carboxylic acids is 2. The van der Waals surface area contributed by atoms with Crippen LogP contribution in [0, 0.1) is 18.6 Å². The van der Waals surface area contributed by atoms with Crippen LogP contribution in [0.1, 0.15) is 46.3 Å². The molecule has 2 aliphatic rings. The van der Waals surface area contributed by atoms with Crippen molar-refractivity contribution < 1.29 is 45.8 Å². The Morgan fingerprint density at radius 3 is 2.23 bits per heavy atom. The minimum absolute atomic E-state index is 0.00808. The lowest BCUT2D eigenvalue weighted by Gasteiger charge is -2.26. The Labute approximate surface area is 248 Å². The summed E-state index contributed by atoms with van der Waals surface area (Å²) in [7, 11) is 1.23. The van der Waals surface area contributed by atoms with Crippen molar-refractivity contribution in [1.29, 1.82) is 0 Å². The topological polar surface area (TPSA) is 99.1 Å². The highest BCUT2D eigenvalue weighted by atomic mass is 19.4. The van der Waals surface area contributed by atoms with Gasteiger partial charge in [0.25, 0.3) is 11.5 Å². The van der Waals surface area contributed by atoms with Crippen LogP contribution >= 0.6 is 0 Å². The molecule has 0 unspecified atom stereocenters. The first kappa shape index (κ1) is 31.0. The van der Waals surface area contributed by atoms with E-state index in [1.807, 2.05) is 0 Å². The van der Waals surface area contributed by atoms with Crippen LogP contribution < -0.4 is 25.2 Å². The summed E-state index contributed by atoms with van der Waals surface area (Å²) in [5, 5.41) is 2.48. The lowest BCUT2D eigenvalue weighted by Crippen LogP contribution is -2.45. The number of anilines is 1. The number of ether oxygens (including phenoxy) is 3. The largest absolute Gasteiger partial charge is 0.573 e. The van der Waals surface area contributed by atoms with Gasteiger partial charge in [-0.1, -0.05) is 0 Å². The number of methoxy groups -OCH3 is 1. The number of hydrogen-bond acceptors (Lipinski definition) is 6. The second kappa shape index (κ2) is 12.3. The number of rotatable bonds is 7. The van der Waals surface area contributed by atoms with Crippen LogP contribution in [-0.4, -0.2) is 55.7 Å². The molecule has 1 aromatic heterocycles. The lowest BCUT2D eigenvalue weighted by atomic mass is 9.92. The molecule has 2 fully saturated rings. The number of nitrogens with one attached hydrogen (secondary N) is 1. The molecule has 2 aliphatic heterocycles. The van der Waals surface area contributed by atoms with Gasteiger partial charge in [-0.05, 0) is 55.7 Å². The maximum absolute atomic E-state index is 15.3. The molecule has 5 rings (SSSR count). The molecule has 9 nitrogen and oxygen atoms in total. The van der Waals surface area contributed by atoms with Crippen LogP contribution in [0.4, 0.5) is 27.6 Å². The summed E-state index contributed by atoms with van der Waals surface area (Å²) in [6.07, 6.45) is -2.16. The summed E-state index contributed by atoms with van der Waals surface area (Å²) in [6, 6.07) is 5.75. The molecule has 0 aliphatic carbocycles. The highest BCUT2D eigenvalue weighted by molar-refractivity contribution is 6.05. The molecule has 1 N–H and O–H groups in total. The van der Waals surface area contributed by atoms with Gasteiger partial charge in [0, 0.05) is 61.2 Å². The third-order valence-electron chi connectivity index (χ3n) is 7.76. The molecule has 2 amide bonds. The average molecular weight is 622 g/mol. The Kier molecular flexibility index (Phi) is 8.64. The van der Waals surface area contributed by atoms with E-state index >= 15 is 8.78 Å². The van der Waals surface area contributed by atoms with Gasteiger partial charge < -0.3 is 29.0 Å².